The summed E-state index contributed by atoms with van der Waals surface area (Å²) in [6.45, 7) is 2.20. The lowest BCUT2D eigenvalue weighted by Crippen LogP contribution is -2.11. The van der Waals surface area contributed by atoms with E-state index >= 15 is 0 Å². The lowest BCUT2D eigenvalue weighted by atomic mass is 10.2. The first-order valence-corrected chi connectivity index (χ1v) is 5.83. The van der Waals surface area contributed by atoms with Gasteiger partial charge in [-0.3, -0.25) is 0 Å². The maximum Gasteiger partial charge on any atom is 0.135 e. The van der Waals surface area contributed by atoms with Crippen molar-refractivity contribution in [3.8, 4) is 0 Å². The zero-order chi connectivity index (χ0) is 9.42. The number of anilines is 1. The molecule has 13 heavy (non-hydrogen) atoms. The van der Waals surface area contributed by atoms with Crippen LogP contribution in [0.4, 0.5) is 5.82 Å². The summed E-state index contributed by atoms with van der Waals surface area (Å²) in [6.07, 6.45) is 6.54. The molecule has 1 aromatic rings. The average molecular weight is 197 g/mol. The minimum absolute atomic E-state index is 0.473. The van der Waals surface area contributed by atoms with Gasteiger partial charge in [-0.2, -0.15) is 5.10 Å². The molecule has 1 aliphatic rings. The molecule has 1 saturated carbocycles. The van der Waals surface area contributed by atoms with E-state index < -0.39 is 0 Å². The second kappa shape index (κ2) is 3.25. The van der Waals surface area contributed by atoms with E-state index in [-0.39, 0.29) is 0 Å². The molecule has 2 N–H and O–H groups in total. The Labute approximate surface area is 82.7 Å². The van der Waals surface area contributed by atoms with E-state index in [1.54, 1.807) is 11.8 Å². The van der Waals surface area contributed by atoms with Gasteiger partial charge in [0.1, 0.15) is 5.82 Å². The molecule has 1 heterocycles. The Bertz CT molecular complexity index is 304. The average Bonchev–Trinajstić information content (AvgIpc) is 2.89. The van der Waals surface area contributed by atoms with Crippen molar-refractivity contribution in [3.63, 3.8) is 0 Å². The highest BCUT2D eigenvalue weighted by Crippen LogP contribution is 2.40. The Morgan fingerprint density at radius 1 is 1.69 bits per heavy atom. The minimum atomic E-state index is 0.473. The molecule has 2 rings (SSSR count). The molecular formula is C9H15N3S. The van der Waals surface area contributed by atoms with Gasteiger partial charge in [-0.15, -0.1) is 11.8 Å². The highest BCUT2D eigenvalue weighted by molar-refractivity contribution is 7.98. The van der Waals surface area contributed by atoms with Crippen molar-refractivity contribution in [2.24, 2.45) is 5.92 Å². The third-order valence-corrected chi connectivity index (χ3v) is 3.46. The molecule has 1 unspecified atom stereocenters. The maximum absolute atomic E-state index is 5.96. The monoisotopic (exact) mass is 197 g/mol. The molecule has 0 spiro atoms. The van der Waals surface area contributed by atoms with Crippen molar-refractivity contribution in [1.82, 2.24) is 9.78 Å². The van der Waals surface area contributed by atoms with Crippen LogP contribution in [-0.2, 0) is 0 Å². The van der Waals surface area contributed by atoms with Crippen LogP contribution in [0.2, 0.25) is 0 Å². The smallest absolute Gasteiger partial charge is 0.135 e. The predicted molar refractivity (Wildman–Crippen MR) is 55.9 cm³/mol. The molecule has 0 aliphatic heterocycles. The van der Waals surface area contributed by atoms with Gasteiger partial charge in [0.25, 0.3) is 0 Å². The van der Waals surface area contributed by atoms with Gasteiger partial charge in [0.2, 0.25) is 0 Å². The van der Waals surface area contributed by atoms with Crippen molar-refractivity contribution in [2.75, 3.05) is 12.0 Å². The fraction of sp³-hybridized carbons (Fsp3) is 0.667. The second-order valence-corrected chi connectivity index (χ2v) is 4.47. The lowest BCUT2D eigenvalue weighted by molar-refractivity contribution is 0.446. The first-order chi connectivity index (χ1) is 6.24. The summed E-state index contributed by atoms with van der Waals surface area (Å²) in [5.74, 6) is 1.63. The molecule has 0 saturated heterocycles. The number of thioether (sulfide) groups is 1. The Morgan fingerprint density at radius 3 is 2.85 bits per heavy atom. The summed E-state index contributed by atoms with van der Waals surface area (Å²) >= 11 is 1.66. The quantitative estimate of drug-likeness (QED) is 0.755. The molecular weight excluding hydrogens is 182 g/mol. The first kappa shape index (κ1) is 8.94. The first-order valence-electron chi connectivity index (χ1n) is 4.61. The number of hydrogen-bond donors (Lipinski definition) is 1. The fourth-order valence-corrected chi connectivity index (χ4v) is 2.07. The van der Waals surface area contributed by atoms with E-state index in [9.17, 15) is 0 Å². The van der Waals surface area contributed by atoms with Gasteiger partial charge in [-0.25, -0.2) is 4.68 Å². The van der Waals surface area contributed by atoms with Crippen LogP contribution in [0.1, 0.15) is 25.8 Å². The fourth-order valence-electron chi connectivity index (χ4n) is 1.62. The van der Waals surface area contributed by atoms with Crippen LogP contribution < -0.4 is 5.73 Å². The standard InChI is InChI=1S/C9H15N3S/c1-6(7-3-4-7)12-9(10)8(13-2)5-11-12/h5-7H,3-4,10H2,1-2H3. The van der Waals surface area contributed by atoms with E-state index in [1.807, 2.05) is 17.1 Å². The summed E-state index contributed by atoms with van der Waals surface area (Å²) in [4.78, 5) is 1.09. The van der Waals surface area contributed by atoms with Crippen LogP contribution in [0.15, 0.2) is 11.1 Å². The lowest BCUT2D eigenvalue weighted by Gasteiger charge is -2.12. The molecule has 1 aliphatic carbocycles. The third-order valence-electron chi connectivity index (χ3n) is 2.71. The molecule has 1 atom stereocenters. The summed E-state index contributed by atoms with van der Waals surface area (Å²) < 4.78 is 1.96. The molecule has 0 radical (unpaired) electrons. The van der Waals surface area contributed by atoms with Gasteiger partial charge in [-0.1, -0.05) is 0 Å². The molecule has 72 valence electrons. The van der Waals surface area contributed by atoms with Crippen LogP contribution in [-0.4, -0.2) is 16.0 Å². The molecule has 0 amide bonds. The molecule has 0 aromatic carbocycles. The van der Waals surface area contributed by atoms with Gasteiger partial charge in [0.05, 0.1) is 17.1 Å². The Balaban J connectivity index is 2.23. The number of hydrogen-bond acceptors (Lipinski definition) is 3. The van der Waals surface area contributed by atoms with Crippen LogP contribution in [0, 0.1) is 5.92 Å². The number of aromatic nitrogens is 2. The molecule has 3 nitrogen and oxygen atoms in total. The highest BCUT2D eigenvalue weighted by Gasteiger charge is 2.30. The Hall–Kier alpha value is -0.640. The van der Waals surface area contributed by atoms with Crippen LogP contribution in [0.5, 0.6) is 0 Å². The van der Waals surface area contributed by atoms with E-state index in [4.69, 9.17) is 5.73 Å². The second-order valence-electron chi connectivity index (χ2n) is 3.62. The number of nitrogen functional groups attached to an aromatic ring is 1. The molecule has 1 aromatic heterocycles. The zero-order valence-electron chi connectivity index (χ0n) is 8.03. The van der Waals surface area contributed by atoms with Crippen molar-refractivity contribution in [1.29, 1.82) is 0 Å². The Morgan fingerprint density at radius 2 is 2.38 bits per heavy atom. The minimum Gasteiger partial charge on any atom is -0.383 e. The number of nitrogens with two attached hydrogens (primary N) is 1. The van der Waals surface area contributed by atoms with Crippen molar-refractivity contribution < 1.29 is 0 Å². The van der Waals surface area contributed by atoms with Gasteiger partial charge >= 0.3 is 0 Å². The summed E-state index contributed by atoms with van der Waals surface area (Å²) in [5.41, 5.74) is 5.96. The number of nitrogens with zero attached hydrogens (tertiary/aromatic N) is 2. The van der Waals surface area contributed by atoms with E-state index in [0.29, 0.717) is 6.04 Å². The van der Waals surface area contributed by atoms with Crippen molar-refractivity contribution in [2.45, 2.75) is 30.7 Å². The van der Waals surface area contributed by atoms with Crippen LogP contribution in [0.3, 0.4) is 0 Å². The molecule has 4 heteroatoms. The third kappa shape index (κ3) is 1.55. The summed E-state index contributed by atoms with van der Waals surface area (Å²) in [6, 6.07) is 0.473. The Kier molecular flexibility index (Phi) is 2.24. The zero-order valence-corrected chi connectivity index (χ0v) is 8.84. The predicted octanol–water partition coefficient (Wildman–Crippen LogP) is 2.16. The summed E-state index contributed by atoms with van der Waals surface area (Å²) in [5, 5.41) is 4.32. The van der Waals surface area contributed by atoms with Crippen LogP contribution in [0.25, 0.3) is 0 Å². The van der Waals surface area contributed by atoms with Crippen molar-refractivity contribution in [3.05, 3.63) is 6.20 Å². The molecule has 0 bridgehead atoms. The normalized spacial score (nSPS) is 18.9. The summed E-state index contributed by atoms with van der Waals surface area (Å²) in [7, 11) is 0. The highest BCUT2D eigenvalue weighted by atomic mass is 32.2. The number of rotatable bonds is 3. The molecule has 1 fully saturated rings. The van der Waals surface area contributed by atoms with Gasteiger partial charge in [0, 0.05) is 0 Å². The van der Waals surface area contributed by atoms with Crippen LogP contribution >= 0.6 is 11.8 Å². The topological polar surface area (TPSA) is 43.8 Å². The van der Waals surface area contributed by atoms with E-state index in [0.717, 1.165) is 16.6 Å². The van der Waals surface area contributed by atoms with Gasteiger partial charge < -0.3 is 5.73 Å². The maximum atomic E-state index is 5.96. The SMILES string of the molecule is CSc1cnn(C(C)C2CC2)c1N. The van der Waals surface area contributed by atoms with Gasteiger partial charge in [-0.05, 0) is 31.9 Å². The van der Waals surface area contributed by atoms with E-state index in [2.05, 4.69) is 12.0 Å². The van der Waals surface area contributed by atoms with E-state index in [1.165, 1.54) is 12.8 Å². The largest absolute Gasteiger partial charge is 0.383 e. The van der Waals surface area contributed by atoms with Crippen molar-refractivity contribution >= 4 is 17.6 Å². The van der Waals surface area contributed by atoms with Gasteiger partial charge in [0.15, 0.2) is 0 Å².